The molecule has 1 aromatic rings. The summed E-state index contributed by atoms with van der Waals surface area (Å²) in [6.07, 6.45) is 5.05. The van der Waals surface area contributed by atoms with Gasteiger partial charge in [0.15, 0.2) is 0 Å². The van der Waals surface area contributed by atoms with Crippen LogP contribution in [0.25, 0.3) is 0 Å². The van der Waals surface area contributed by atoms with E-state index in [0.29, 0.717) is 0 Å². The summed E-state index contributed by atoms with van der Waals surface area (Å²) in [7, 11) is 0. The van der Waals surface area contributed by atoms with Crippen LogP contribution >= 0.6 is 0 Å². The average Bonchev–Trinajstić information content (AvgIpc) is 2.69. The lowest BCUT2D eigenvalue weighted by atomic mass is 9.68. The van der Waals surface area contributed by atoms with E-state index in [1.165, 1.54) is 31.2 Å². The van der Waals surface area contributed by atoms with Crippen molar-refractivity contribution < 1.29 is 4.79 Å². The molecule has 0 radical (unpaired) electrons. The van der Waals surface area contributed by atoms with E-state index in [-0.39, 0.29) is 11.3 Å². The van der Waals surface area contributed by atoms with Gasteiger partial charge in [-0.3, -0.25) is 4.79 Å². The van der Waals surface area contributed by atoms with E-state index in [0.717, 1.165) is 18.2 Å². The van der Waals surface area contributed by atoms with Gasteiger partial charge in [0.05, 0.1) is 0 Å². The Morgan fingerprint density at radius 1 is 1.28 bits per heavy atom. The number of hydrogen-bond donors (Lipinski definition) is 0. The molecule has 2 nitrogen and oxygen atoms in total. The maximum atomic E-state index is 11.8. The van der Waals surface area contributed by atoms with Gasteiger partial charge in [-0.2, -0.15) is 0 Å². The molecule has 96 valence electrons. The summed E-state index contributed by atoms with van der Waals surface area (Å²) in [5.41, 5.74) is 2.81. The summed E-state index contributed by atoms with van der Waals surface area (Å²) in [4.78, 5) is 13.8. The molecular formula is C16H21NO. The Labute approximate surface area is 109 Å². The molecule has 0 unspecified atom stereocenters. The summed E-state index contributed by atoms with van der Waals surface area (Å²) in [6, 6.07) is 8.49. The van der Waals surface area contributed by atoms with Gasteiger partial charge in [-0.05, 0) is 43.2 Å². The van der Waals surface area contributed by atoms with Crippen LogP contribution in [-0.2, 0) is 10.2 Å². The van der Waals surface area contributed by atoms with Crippen LogP contribution in [-0.4, -0.2) is 12.5 Å². The molecule has 1 aromatic carbocycles. The van der Waals surface area contributed by atoms with E-state index in [4.69, 9.17) is 0 Å². The zero-order valence-electron chi connectivity index (χ0n) is 11.3. The Morgan fingerprint density at radius 2 is 1.94 bits per heavy atom. The van der Waals surface area contributed by atoms with Crippen molar-refractivity contribution >= 4 is 11.6 Å². The van der Waals surface area contributed by atoms with Gasteiger partial charge >= 0.3 is 0 Å². The number of amides is 1. The number of fused-ring (bicyclic) bond motifs is 2. The lowest BCUT2D eigenvalue weighted by Crippen LogP contribution is -2.38. The average molecular weight is 243 g/mol. The van der Waals surface area contributed by atoms with Gasteiger partial charge < -0.3 is 4.90 Å². The first kappa shape index (κ1) is 11.8. The van der Waals surface area contributed by atoms with Crippen molar-refractivity contribution in [1.29, 1.82) is 0 Å². The first-order chi connectivity index (χ1) is 8.62. The summed E-state index contributed by atoms with van der Waals surface area (Å²) in [6.45, 7) is 4.92. The molecule has 1 amide bonds. The Morgan fingerprint density at radius 3 is 2.61 bits per heavy atom. The highest BCUT2D eigenvalue weighted by molar-refractivity contribution is 5.94. The van der Waals surface area contributed by atoms with Crippen molar-refractivity contribution in [1.82, 2.24) is 0 Å². The summed E-state index contributed by atoms with van der Waals surface area (Å²) in [5.74, 6) is 1.02. The van der Waals surface area contributed by atoms with Gasteiger partial charge in [-0.1, -0.05) is 25.1 Å². The highest BCUT2D eigenvalue weighted by Crippen LogP contribution is 2.50. The van der Waals surface area contributed by atoms with E-state index < -0.39 is 0 Å². The Bertz CT molecular complexity index is 472. The predicted octanol–water partition coefficient (Wildman–Crippen LogP) is 3.50. The van der Waals surface area contributed by atoms with E-state index in [2.05, 4.69) is 25.1 Å². The number of rotatable bonds is 0. The maximum Gasteiger partial charge on any atom is 0.223 e. The lowest BCUT2D eigenvalue weighted by Gasteiger charge is -2.36. The molecule has 0 atom stereocenters. The Hall–Kier alpha value is -1.31. The second kappa shape index (κ2) is 4.11. The van der Waals surface area contributed by atoms with E-state index in [1.807, 2.05) is 11.0 Å². The quantitative estimate of drug-likeness (QED) is 0.683. The first-order valence-electron chi connectivity index (χ1n) is 7.00. The lowest BCUT2D eigenvalue weighted by molar-refractivity contribution is -0.116. The second-order valence-corrected chi connectivity index (χ2v) is 6.09. The SMILES string of the molecule is CC(=O)N1CC2(CCC(C)CC2)c2ccccc21. The van der Waals surface area contributed by atoms with Crippen LogP contribution in [0, 0.1) is 5.92 Å². The summed E-state index contributed by atoms with van der Waals surface area (Å²) >= 11 is 0. The van der Waals surface area contributed by atoms with Crippen LogP contribution in [0.3, 0.4) is 0 Å². The molecule has 1 aliphatic heterocycles. The molecule has 1 spiro atoms. The fourth-order valence-electron chi connectivity index (χ4n) is 3.65. The topological polar surface area (TPSA) is 20.3 Å². The van der Waals surface area contributed by atoms with Gasteiger partial charge in [0.2, 0.25) is 5.91 Å². The van der Waals surface area contributed by atoms with Gasteiger partial charge in [0.25, 0.3) is 0 Å². The van der Waals surface area contributed by atoms with Crippen molar-refractivity contribution in [3.05, 3.63) is 29.8 Å². The van der Waals surface area contributed by atoms with Crippen LogP contribution in [0.15, 0.2) is 24.3 Å². The van der Waals surface area contributed by atoms with Crippen molar-refractivity contribution in [2.24, 2.45) is 5.92 Å². The Kier molecular flexibility index (Phi) is 2.69. The first-order valence-corrected chi connectivity index (χ1v) is 7.00. The molecule has 1 heterocycles. The number of anilines is 1. The third-order valence-corrected chi connectivity index (χ3v) is 4.84. The number of para-hydroxylation sites is 1. The number of hydrogen-bond acceptors (Lipinski definition) is 1. The minimum atomic E-state index is 0.179. The van der Waals surface area contributed by atoms with Gasteiger partial charge in [-0.25, -0.2) is 0 Å². The highest BCUT2D eigenvalue weighted by atomic mass is 16.2. The van der Waals surface area contributed by atoms with Crippen molar-refractivity contribution in [2.75, 3.05) is 11.4 Å². The number of carbonyl (C=O) groups is 1. The van der Waals surface area contributed by atoms with Gasteiger partial charge in [0.1, 0.15) is 0 Å². The van der Waals surface area contributed by atoms with Crippen LogP contribution < -0.4 is 4.90 Å². The summed E-state index contributed by atoms with van der Waals surface area (Å²) < 4.78 is 0. The third kappa shape index (κ3) is 1.66. The number of carbonyl (C=O) groups excluding carboxylic acids is 1. The monoisotopic (exact) mass is 243 g/mol. The smallest absolute Gasteiger partial charge is 0.223 e. The second-order valence-electron chi connectivity index (χ2n) is 6.09. The molecule has 1 aliphatic carbocycles. The van der Waals surface area contributed by atoms with Crippen molar-refractivity contribution in [3.8, 4) is 0 Å². The third-order valence-electron chi connectivity index (χ3n) is 4.84. The number of nitrogens with zero attached hydrogens (tertiary/aromatic N) is 1. The molecular weight excluding hydrogens is 222 g/mol. The van der Waals surface area contributed by atoms with Crippen molar-refractivity contribution in [2.45, 2.75) is 44.9 Å². The minimum Gasteiger partial charge on any atom is -0.311 e. The Balaban J connectivity index is 2.02. The zero-order chi connectivity index (χ0) is 12.8. The molecule has 1 saturated carbocycles. The largest absolute Gasteiger partial charge is 0.311 e. The molecule has 2 aliphatic rings. The number of benzene rings is 1. The van der Waals surface area contributed by atoms with Crippen LogP contribution in [0.5, 0.6) is 0 Å². The maximum absolute atomic E-state index is 11.8. The van der Waals surface area contributed by atoms with Crippen molar-refractivity contribution in [3.63, 3.8) is 0 Å². The standard InChI is InChI=1S/C16H21NO/c1-12-7-9-16(10-8-12)11-17(13(2)18)15-6-4-3-5-14(15)16/h3-6,12H,7-11H2,1-2H3. The predicted molar refractivity (Wildman–Crippen MR) is 73.8 cm³/mol. The van der Waals surface area contributed by atoms with E-state index >= 15 is 0 Å². The highest BCUT2D eigenvalue weighted by Gasteiger charge is 2.45. The minimum absolute atomic E-state index is 0.179. The molecule has 0 N–H and O–H groups in total. The summed E-state index contributed by atoms with van der Waals surface area (Å²) in [5, 5.41) is 0. The molecule has 0 bridgehead atoms. The van der Waals surface area contributed by atoms with E-state index in [1.54, 1.807) is 6.92 Å². The molecule has 0 saturated heterocycles. The fourth-order valence-corrected chi connectivity index (χ4v) is 3.65. The molecule has 2 heteroatoms. The van der Waals surface area contributed by atoms with Gasteiger partial charge in [0, 0.05) is 24.6 Å². The van der Waals surface area contributed by atoms with E-state index in [9.17, 15) is 4.79 Å². The molecule has 18 heavy (non-hydrogen) atoms. The van der Waals surface area contributed by atoms with Crippen LogP contribution in [0.1, 0.15) is 45.1 Å². The van der Waals surface area contributed by atoms with Crippen LogP contribution in [0.4, 0.5) is 5.69 Å². The fraction of sp³-hybridized carbons (Fsp3) is 0.562. The molecule has 0 aromatic heterocycles. The molecule has 3 rings (SSSR count). The normalized spacial score (nSPS) is 30.6. The zero-order valence-corrected chi connectivity index (χ0v) is 11.3. The van der Waals surface area contributed by atoms with Gasteiger partial charge in [-0.15, -0.1) is 0 Å². The molecule has 1 fully saturated rings. The van der Waals surface area contributed by atoms with Crippen LogP contribution in [0.2, 0.25) is 0 Å².